The van der Waals surface area contributed by atoms with Gasteiger partial charge in [-0.15, -0.1) is 0 Å². The molecule has 9 heteroatoms. The highest BCUT2D eigenvalue weighted by atomic mass is 35.5. The topological polar surface area (TPSA) is 62.3 Å². The molecule has 0 spiro atoms. The first-order chi connectivity index (χ1) is 25.0. The van der Waals surface area contributed by atoms with Crippen LogP contribution in [0.4, 0.5) is 11.4 Å². The summed E-state index contributed by atoms with van der Waals surface area (Å²) in [5, 5.41) is 1.22. The average molecular weight is 737 g/mol. The molecule has 7 nitrogen and oxygen atoms in total. The van der Waals surface area contributed by atoms with Crippen molar-refractivity contribution in [2.75, 3.05) is 55.9 Å². The quantitative estimate of drug-likeness (QED) is 0.0723. The van der Waals surface area contributed by atoms with Gasteiger partial charge in [0.05, 0.1) is 28.0 Å². The van der Waals surface area contributed by atoms with E-state index in [1.165, 1.54) is 0 Å². The highest BCUT2D eigenvalue weighted by molar-refractivity contribution is 6.43. The fraction of sp³-hybridized carbons (Fsp3) is 0.476. The summed E-state index contributed by atoms with van der Waals surface area (Å²) < 4.78 is 11.6. The fourth-order valence-electron chi connectivity index (χ4n) is 6.16. The highest BCUT2D eigenvalue weighted by Crippen LogP contribution is 2.33. The van der Waals surface area contributed by atoms with Crippen LogP contribution in [0.1, 0.15) is 83.1 Å². The summed E-state index contributed by atoms with van der Waals surface area (Å²) in [4.78, 5) is 31.7. The summed E-state index contributed by atoms with van der Waals surface area (Å²) in [6, 6.07) is 11.7. The Bertz CT molecular complexity index is 1500. The molecule has 0 unspecified atom stereocenters. The Kier molecular flexibility index (Phi) is 18.3. The predicted octanol–water partition coefficient (Wildman–Crippen LogP) is 10.1. The first kappa shape index (κ1) is 40.3. The third-order valence-electron chi connectivity index (χ3n) is 9.11. The number of nitrogens with zero attached hydrogens (tertiary/aromatic N) is 3. The van der Waals surface area contributed by atoms with Crippen molar-refractivity contribution in [1.82, 2.24) is 4.90 Å². The molecule has 0 saturated carbocycles. The lowest BCUT2D eigenvalue weighted by Crippen LogP contribution is -2.46. The largest absolute Gasteiger partial charge is 0.494 e. The fourth-order valence-corrected chi connectivity index (χ4v) is 6.58. The van der Waals surface area contributed by atoms with Crippen molar-refractivity contribution >= 4 is 46.5 Å². The molecule has 276 valence electrons. The van der Waals surface area contributed by atoms with Crippen LogP contribution in [-0.4, -0.2) is 62.8 Å². The molecule has 1 amide bonds. The molecule has 2 aromatic carbocycles. The number of hydrogen-bond donors (Lipinski definition) is 0. The van der Waals surface area contributed by atoms with Gasteiger partial charge in [-0.25, -0.2) is 0 Å². The molecule has 2 aliphatic rings. The van der Waals surface area contributed by atoms with Crippen LogP contribution in [0.3, 0.4) is 0 Å². The van der Waals surface area contributed by atoms with E-state index in [4.69, 9.17) is 32.7 Å². The maximum Gasteiger partial charge on any atom is 0.307 e. The van der Waals surface area contributed by atoms with Gasteiger partial charge in [-0.3, -0.25) is 19.4 Å². The molecule has 2 aliphatic heterocycles. The summed E-state index contributed by atoms with van der Waals surface area (Å²) >= 11 is 12.6. The standard InChI is InChI=1S/C42H55Cl2N3O4/c1-2-3-4-5-6-7-8-9-10-11-12-13-14-15-16-22-41(49)51-34-47-39-33-36(25-23-35(39)24-26-40(47)48)50-32-18-17-27-45-28-30-46(31-29-45)38-21-19-20-37(43)42(38)44/h3-4,6-7,9-10,12-13,19-21,23,25,33H,2,5,8,11,14-18,22,24,26-32,34H2,1H3/b4-3-,7-6-,10-9-,13-12-. The summed E-state index contributed by atoms with van der Waals surface area (Å²) in [5.74, 6) is 0.411. The molecule has 2 heterocycles. The minimum atomic E-state index is -0.276. The lowest BCUT2D eigenvalue weighted by Gasteiger charge is -2.36. The minimum absolute atomic E-state index is 0.0375. The van der Waals surface area contributed by atoms with Crippen molar-refractivity contribution in [1.29, 1.82) is 0 Å². The molecule has 0 radical (unpaired) electrons. The lowest BCUT2D eigenvalue weighted by molar-refractivity contribution is -0.144. The molecule has 0 aliphatic carbocycles. The minimum Gasteiger partial charge on any atom is -0.494 e. The summed E-state index contributed by atoms with van der Waals surface area (Å²) in [5.41, 5.74) is 2.84. The number of hydrogen-bond acceptors (Lipinski definition) is 6. The van der Waals surface area contributed by atoms with E-state index >= 15 is 0 Å². The van der Waals surface area contributed by atoms with Crippen LogP contribution >= 0.6 is 23.2 Å². The van der Waals surface area contributed by atoms with Gasteiger partial charge in [-0.05, 0) is 94.5 Å². The van der Waals surface area contributed by atoms with E-state index in [-0.39, 0.29) is 18.6 Å². The van der Waals surface area contributed by atoms with Crippen LogP contribution in [0.25, 0.3) is 0 Å². The molecule has 0 aromatic heterocycles. The van der Waals surface area contributed by atoms with Gasteiger partial charge in [0.2, 0.25) is 5.91 Å². The summed E-state index contributed by atoms with van der Waals surface area (Å²) in [6.07, 6.45) is 27.5. The van der Waals surface area contributed by atoms with Crippen molar-refractivity contribution in [3.8, 4) is 5.75 Å². The zero-order valence-corrected chi connectivity index (χ0v) is 31.8. The number of carbonyl (C=O) groups excluding carboxylic acids is 2. The zero-order chi connectivity index (χ0) is 36.1. The van der Waals surface area contributed by atoms with Gasteiger partial charge in [0.25, 0.3) is 0 Å². The summed E-state index contributed by atoms with van der Waals surface area (Å²) in [6.45, 7) is 7.49. The van der Waals surface area contributed by atoms with Gasteiger partial charge >= 0.3 is 5.97 Å². The molecule has 4 rings (SSSR count). The number of esters is 1. The van der Waals surface area contributed by atoms with Crippen molar-refractivity contribution in [3.63, 3.8) is 0 Å². The van der Waals surface area contributed by atoms with Crippen LogP contribution in [-0.2, 0) is 20.7 Å². The predicted molar refractivity (Wildman–Crippen MR) is 212 cm³/mol. The number of ether oxygens (including phenoxy) is 2. The van der Waals surface area contributed by atoms with Crippen molar-refractivity contribution in [2.45, 2.75) is 84.0 Å². The van der Waals surface area contributed by atoms with E-state index < -0.39 is 0 Å². The molecule has 1 saturated heterocycles. The second-order valence-electron chi connectivity index (χ2n) is 13.0. The molecule has 0 bridgehead atoms. The first-order valence-electron chi connectivity index (χ1n) is 18.7. The van der Waals surface area contributed by atoms with Gasteiger partial charge in [0.1, 0.15) is 5.75 Å². The van der Waals surface area contributed by atoms with Crippen molar-refractivity contribution in [2.24, 2.45) is 0 Å². The van der Waals surface area contributed by atoms with Gasteiger partial charge < -0.3 is 14.4 Å². The van der Waals surface area contributed by atoms with Crippen LogP contribution < -0.4 is 14.5 Å². The Morgan fingerprint density at radius 2 is 1.53 bits per heavy atom. The van der Waals surface area contributed by atoms with E-state index in [2.05, 4.69) is 65.3 Å². The number of piperazine rings is 1. The van der Waals surface area contributed by atoms with Crippen LogP contribution in [0.5, 0.6) is 5.75 Å². The van der Waals surface area contributed by atoms with Crippen LogP contribution in [0.15, 0.2) is 85.0 Å². The monoisotopic (exact) mass is 735 g/mol. The number of fused-ring (bicyclic) bond motifs is 1. The van der Waals surface area contributed by atoms with E-state index in [0.29, 0.717) is 35.9 Å². The smallest absolute Gasteiger partial charge is 0.307 e. The number of halogens is 2. The first-order valence-corrected chi connectivity index (χ1v) is 19.4. The normalized spacial score (nSPS) is 15.5. The van der Waals surface area contributed by atoms with E-state index in [0.717, 1.165) is 113 Å². The van der Waals surface area contributed by atoms with Gasteiger partial charge in [0, 0.05) is 45.1 Å². The number of allylic oxidation sites excluding steroid dienone is 8. The number of carbonyl (C=O) groups is 2. The van der Waals surface area contributed by atoms with Crippen molar-refractivity contribution < 1.29 is 19.1 Å². The Morgan fingerprint density at radius 1 is 0.804 bits per heavy atom. The summed E-state index contributed by atoms with van der Waals surface area (Å²) in [7, 11) is 0. The molecule has 0 atom stereocenters. The number of aryl methyl sites for hydroxylation is 1. The third kappa shape index (κ3) is 14.2. The molecular weight excluding hydrogens is 681 g/mol. The van der Waals surface area contributed by atoms with E-state index in [1.807, 2.05) is 36.4 Å². The Morgan fingerprint density at radius 3 is 2.27 bits per heavy atom. The van der Waals surface area contributed by atoms with Crippen molar-refractivity contribution in [3.05, 3.63) is 101 Å². The maximum atomic E-state index is 12.8. The van der Waals surface area contributed by atoms with Gasteiger partial charge in [0.15, 0.2) is 6.73 Å². The van der Waals surface area contributed by atoms with Gasteiger partial charge in [-0.1, -0.05) is 90.9 Å². The Hall–Kier alpha value is -3.52. The number of rotatable bonds is 21. The SMILES string of the molecule is CC/C=C\C/C=C\C/C=C\C/C=C\CCCCC(=O)OCN1C(=O)CCc2ccc(OCCCCN3CCN(c4cccc(Cl)c4Cl)CC3)cc21. The van der Waals surface area contributed by atoms with E-state index in [1.54, 1.807) is 4.90 Å². The molecular formula is C42H55Cl2N3O4. The lowest BCUT2D eigenvalue weighted by atomic mass is 10.0. The number of amides is 1. The Labute approximate surface area is 315 Å². The number of anilines is 2. The second-order valence-corrected chi connectivity index (χ2v) is 13.7. The maximum absolute atomic E-state index is 12.8. The van der Waals surface area contributed by atoms with Gasteiger partial charge in [-0.2, -0.15) is 0 Å². The molecule has 51 heavy (non-hydrogen) atoms. The molecule has 0 N–H and O–H groups in total. The number of benzene rings is 2. The number of unbranched alkanes of at least 4 members (excludes halogenated alkanes) is 3. The Balaban J connectivity index is 1.08. The average Bonchev–Trinajstić information content (AvgIpc) is 3.14. The van der Waals surface area contributed by atoms with Crippen LogP contribution in [0.2, 0.25) is 10.0 Å². The second kappa shape index (κ2) is 23.1. The highest BCUT2D eigenvalue weighted by Gasteiger charge is 2.26. The molecule has 2 aromatic rings. The zero-order valence-electron chi connectivity index (χ0n) is 30.2. The van der Waals surface area contributed by atoms with E-state index in [9.17, 15) is 9.59 Å². The van der Waals surface area contributed by atoms with Crippen LogP contribution in [0, 0.1) is 0 Å². The third-order valence-corrected chi connectivity index (χ3v) is 9.92. The molecule has 1 fully saturated rings.